The molecule has 0 rings (SSSR count). The molecule has 3 nitrogen and oxygen atoms in total. The van der Waals surface area contributed by atoms with Crippen LogP contribution in [0.1, 0.15) is 137 Å². The number of rotatable bonds is 21. The van der Waals surface area contributed by atoms with Gasteiger partial charge >= 0.3 is 0 Å². The minimum atomic E-state index is 0.221. The Kier molecular flexibility index (Phi) is 19.0. The highest BCUT2D eigenvalue weighted by molar-refractivity contribution is 5.75. The van der Waals surface area contributed by atoms with Crippen molar-refractivity contribution in [2.24, 2.45) is 0 Å². The minimum absolute atomic E-state index is 0.221. The van der Waals surface area contributed by atoms with Gasteiger partial charge in [-0.2, -0.15) is 0 Å². The lowest BCUT2D eigenvalue weighted by Gasteiger charge is -2.41. The Bertz CT molecular complexity index is 357. The fraction of sp³-hybridized carbons (Fsp3) is 0.962. The maximum Gasteiger partial charge on any atom is 0.224 e. The lowest BCUT2D eigenvalue weighted by atomic mass is 10.0. The number of nitrogens with one attached hydrogen (secondary N) is 1. The van der Waals surface area contributed by atoms with Crippen molar-refractivity contribution in [1.82, 2.24) is 5.32 Å². The van der Waals surface area contributed by atoms with E-state index < -0.39 is 0 Å². The fourth-order valence-electron chi connectivity index (χ4n) is 4.59. The predicted molar refractivity (Wildman–Crippen MR) is 129 cm³/mol. The van der Waals surface area contributed by atoms with E-state index in [2.05, 4.69) is 39.9 Å². The van der Waals surface area contributed by atoms with Gasteiger partial charge in [0.05, 0.1) is 19.6 Å². The topological polar surface area (TPSA) is 29.1 Å². The Balaban J connectivity index is 3.49. The molecule has 0 aromatic carbocycles. The molecule has 0 saturated carbocycles. The summed E-state index contributed by atoms with van der Waals surface area (Å²) < 4.78 is 0.977. The Morgan fingerprint density at radius 3 is 1.31 bits per heavy atom. The number of nitrogens with zero attached hydrogens (tertiary/aromatic N) is 1. The van der Waals surface area contributed by atoms with Crippen LogP contribution in [0.3, 0.4) is 0 Å². The van der Waals surface area contributed by atoms with Crippen LogP contribution < -0.4 is 5.32 Å². The molecule has 1 N–H and O–H groups in total. The molecule has 0 aromatic heterocycles. The molecule has 1 amide bonds. The summed E-state index contributed by atoms with van der Waals surface area (Å²) in [6.07, 6.45) is 21.4. The van der Waals surface area contributed by atoms with Crippen molar-refractivity contribution in [3.8, 4) is 0 Å². The number of carbonyl (C=O) groups excluding carboxylic acids is 1. The van der Waals surface area contributed by atoms with E-state index in [1.807, 2.05) is 0 Å². The van der Waals surface area contributed by atoms with Crippen molar-refractivity contribution >= 4 is 5.91 Å². The van der Waals surface area contributed by atoms with E-state index in [-0.39, 0.29) is 12.1 Å². The maximum absolute atomic E-state index is 12.3. The second-order valence-electron chi connectivity index (χ2n) is 9.11. The smallest absolute Gasteiger partial charge is 0.224 e. The third-order valence-electron chi connectivity index (χ3n) is 7.09. The Hall–Kier alpha value is -0.570. The third-order valence-corrected chi connectivity index (χ3v) is 7.09. The van der Waals surface area contributed by atoms with Gasteiger partial charge in [-0.05, 0) is 27.2 Å². The Morgan fingerprint density at radius 2 is 0.966 bits per heavy atom. The maximum atomic E-state index is 12.3. The van der Waals surface area contributed by atoms with Crippen molar-refractivity contribution in [2.45, 2.75) is 144 Å². The number of hydrogen-bond acceptors (Lipinski definition) is 1. The zero-order chi connectivity index (χ0) is 21.8. The van der Waals surface area contributed by atoms with Crippen molar-refractivity contribution < 1.29 is 9.28 Å². The highest BCUT2D eigenvalue weighted by Crippen LogP contribution is 2.14. The van der Waals surface area contributed by atoms with E-state index in [0.717, 1.165) is 30.5 Å². The normalized spacial score (nSPS) is 12.9. The molecule has 0 aliphatic rings. The number of hydrogen-bond donors (Lipinski definition) is 1. The van der Waals surface area contributed by atoms with Crippen LogP contribution >= 0.6 is 0 Å². The number of carbonyl (C=O) groups is 1. The first-order valence-corrected chi connectivity index (χ1v) is 13.2. The van der Waals surface area contributed by atoms with E-state index in [1.54, 1.807) is 0 Å². The monoisotopic (exact) mass is 411 g/mol. The Labute approximate surface area is 184 Å². The van der Waals surface area contributed by atoms with Gasteiger partial charge in [0.2, 0.25) is 5.91 Å². The van der Waals surface area contributed by atoms with Gasteiger partial charge in [0.15, 0.2) is 6.17 Å². The highest BCUT2D eigenvalue weighted by atomic mass is 16.1. The zero-order valence-electron chi connectivity index (χ0n) is 20.9. The first kappa shape index (κ1) is 28.4. The molecule has 0 spiro atoms. The van der Waals surface area contributed by atoms with Crippen molar-refractivity contribution in [3.05, 3.63) is 0 Å². The fourth-order valence-corrected chi connectivity index (χ4v) is 4.59. The van der Waals surface area contributed by atoms with Crippen molar-refractivity contribution in [3.63, 3.8) is 0 Å². The lowest BCUT2D eigenvalue weighted by molar-refractivity contribution is -0.946. The molecule has 0 aromatic rings. The molecule has 0 radical (unpaired) electrons. The largest absolute Gasteiger partial charge is 0.307 e. The van der Waals surface area contributed by atoms with Gasteiger partial charge in [0, 0.05) is 13.3 Å². The van der Waals surface area contributed by atoms with E-state index >= 15 is 0 Å². The van der Waals surface area contributed by atoms with Gasteiger partial charge in [-0.15, -0.1) is 0 Å². The molecule has 0 bridgehead atoms. The molecule has 1 atom stereocenters. The van der Waals surface area contributed by atoms with Crippen LogP contribution in [0.15, 0.2) is 0 Å². The van der Waals surface area contributed by atoms with Gasteiger partial charge in [-0.25, -0.2) is 0 Å². The van der Waals surface area contributed by atoms with E-state index in [1.165, 1.54) is 89.9 Å². The molecule has 3 heteroatoms. The summed E-state index contributed by atoms with van der Waals surface area (Å²) >= 11 is 0. The van der Waals surface area contributed by atoms with Crippen LogP contribution in [0.2, 0.25) is 0 Å². The molecular weight excluding hydrogens is 356 g/mol. The van der Waals surface area contributed by atoms with Gasteiger partial charge < -0.3 is 9.80 Å². The molecule has 174 valence electrons. The molecular formula is C26H55N2O+. The standard InChI is InChI=1S/C26H54N2O/c1-6-10-11-12-13-14-15-16-17-18-19-20-21-22-23-24-26(29)27-25(5)28(7-2,8-3)9-4/h25H,6-24H2,1-5H3/p+1. The summed E-state index contributed by atoms with van der Waals surface area (Å²) in [4.78, 5) is 12.3. The van der Waals surface area contributed by atoms with Gasteiger partial charge in [-0.3, -0.25) is 4.79 Å². The quantitative estimate of drug-likeness (QED) is 0.118. The van der Waals surface area contributed by atoms with Crippen molar-refractivity contribution in [1.29, 1.82) is 0 Å². The molecule has 0 fully saturated rings. The molecule has 1 unspecified atom stereocenters. The predicted octanol–water partition coefficient (Wildman–Crippen LogP) is 7.59. The second-order valence-corrected chi connectivity index (χ2v) is 9.11. The van der Waals surface area contributed by atoms with Crippen LogP contribution in [0.25, 0.3) is 0 Å². The van der Waals surface area contributed by atoms with Crippen LogP contribution in [-0.2, 0) is 4.79 Å². The van der Waals surface area contributed by atoms with E-state index in [4.69, 9.17) is 0 Å². The summed E-state index contributed by atoms with van der Waals surface area (Å²) in [5.74, 6) is 0.241. The second kappa shape index (κ2) is 19.4. The SMILES string of the molecule is CCCCCCCCCCCCCCCCCC(=O)NC(C)[N+](CC)(CC)CC. The van der Waals surface area contributed by atoms with E-state index in [0.29, 0.717) is 6.42 Å². The van der Waals surface area contributed by atoms with Crippen LogP contribution in [0.5, 0.6) is 0 Å². The first-order chi connectivity index (χ1) is 14.1. The average molecular weight is 412 g/mol. The van der Waals surface area contributed by atoms with Crippen LogP contribution in [0, 0.1) is 0 Å². The molecule has 29 heavy (non-hydrogen) atoms. The average Bonchev–Trinajstić information content (AvgIpc) is 2.72. The van der Waals surface area contributed by atoms with E-state index in [9.17, 15) is 4.79 Å². The molecule has 0 aliphatic carbocycles. The first-order valence-electron chi connectivity index (χ1n) is 13.2. The number of unbranched alkanes of at least 4 members (excludes halogenated alkanes) is 14. The molecule has 0 aliphatic heterocycles. The van der Waals surface area contributed by atoms with Gasteiger partial charge in [0.1, 0.15) is 0 Å². The van der Waals surface area contributed by atoms with Crippen LogP contribution in [-0.4, -0.2) is 36.2 Å². The number of quaternary nitrogens is 1. The minimum Gasteiger partial charge on any atom is -0.307 e. The summed E-state index contributed by atoms with van der Waals surface area (Å²) in [5.41, 5.74) is 0. The lowest BCUT2D eigenvalue weighted by Crippen LogP contribution is -2.60. The van der Waals surface area contributed by atoms with Gasteiger partial charge in [0.25, 0.3) is 0 Å². The summed E-state index contributed by atoms with van der Waals surface area (Å²) in [6.45, 7) is 14.4. The van der Waals surface area contributed by atoms with Crippen molar-refractivity contribution in [2.75, 3.05) is 19.6 Å². The Morgan fingerprint density at radius 1 is 0.621 bits per heavy atom. The molecule has 0 heterocycles. The third kappa shape index (κ3) is 14.1. The van der Waals surface area contributed by atoms with Gasteiger partial charge in [-0.1, -0.05) is 96.8 Å². The van der Waals surface area contributed by atoms with Crippen LogP contribution in [0.4, 0.5) is 0 Å². The summed E-state index contributed by atoms with van der Waals surface area (Å²) in [7, 11) is 0. The summed E-state index contributed by atoms with van der Waals surface area (Å²) in [6, 6.07) is 0. The number of amides is 1. The highest BCUT2D eigenvalue weighted by Gasteiger charge is 2.29. The zero-order valence-corrected chi connectivity index (χ0v) is 20.9. The summed E-state index contributed by atoms with van der Waals surface area (Å²) in [5, 5.41) is 3.26. The molecule has 0 saturated heterocycles.